The highest BCUT2D eigenvalue weighted by Crippen LogP contribution is 2.22. The van der Waals surface area contributed by atoms with Crippen LogP contribution in [0.1, 0.15) is 24.2 Å². The number of hydrogen-bond donors (Lipinski definition) is 1. The van der Waals surface area contributed by atoms with Crippen LogP contribution in [0.3, 0.4) is 0 Å². The average Bonchev–Trinajstić information content (AvgIpc) is 2.55. The van der Waals surface area contributed by atoms with Crippen molar-refractivity contribution in [2.45, 2.75) is 13.0 Å². The van der Waals surface area contributed by atoms with Crippen molar-refractivity contribution in [3.8, 4) is 6.07 Å². The number of nitriles is 1. The van der Waals surface area contributed by atoms with Crippen LogP contribution in [0.15, 0.2) is 54.7 Å². The van der Waals surface area contributed by atoms with Crippen LogP contribution in [-0.4, -0.2) is 9.97 Å². The van der Waals surface area contributed by atoms with E-state index in [0.29, 0.717) is 11.4 Å². The van der Waals surface area contributed by atoms with E-state index in [1.807, 2.05) is 49.4 Å². The summed E-state index contributed by atoms with van der Waals surface area (Å²) < 4.78 is 0. The Bertz CT molecular complexity index is 806. The van der Waals surface area contributed by atoms with Crippen molar-refractivity contribution in [3.05, 3.63) is 66.0 Å². The van der Waals surface area contributed by atoms with Crippen molar-refractivity contribution in [3.63, 3.8) is 0 Å². The third kappa shape index (κ3) is 2.67. The molecule has 3 rings (SSSR count). The fourth-order valence-corrected chi connectivity index (χ4v) is 2.27. The summed E-state index contributed by atoms with van der Waals surface area (Å²) in [6.45, 7) is 2.02. The zero-order valence-corrected chi connectivity index (χ0v) is 11.6. The summed E-state index contributed by atoms with van der Waals surface area (Å²) in [6.07, 6.45) is 1.77. The average molecular weight is 274 g/mol. The van der Waals surface area contributed by atoms with Gasteiger partial charge in [-0.2, -0.15) is 5.26 Å². The minimum absolute atomic E-state index is 0.0198. The summed E-state index contributed by atoms with van der Waals surface area (Å²) in [5, 5.41) is 13.5. The van der Waals surface area contributed by atoms with E-state index < -0.39 is 0 Å². The molecule has 4 nitrogen and oxygen atoms in total. The lowest BCUT2D eigenvalue weighted by atomic mass is 10.1. The molecule has 0 aliphatic rings. The molecule has 2 aromatic heterocycles. The first-order valence-electron chi connectivity index (χ1n) is 6.75. The summed E-state index contributed by atoms with van der Waals surface area (Å²) in [5.74, 6) is 0.684. The third-order valence-electron chi connectivity index (χ3n) is 3.33. The van der Waals surface area contributed by atoms with Crippen LogP contribution < -0.4 is 5.32 Å². The Morgan fingerprint density at radius 3 is 2.71 bits per heavy atom. The molecule has 0 radical (unpaired) electrons. The molecule has 3 aromatic rings. The van der Waals surface area contributed by atoms with Crippen molar-refractivity contribution in [2.75, 3.05) is 5.32 Å². The standard InChI is InChI=1S/C17H14N4/c1-12(15-7-4-5-9-19-15)20-17-10-13(11-18)14-6-2-3-8-16(14)21-17/h2-10,12H,1H3,(H,20,21). The Morgan fingerprint density at radius 1 is 1.14 bits per heavy atom. The van der Waals surface area contributed by atoms with Crippen molar-refractivity contribution >= 4 is 16.7 Å². The number of hydrogen-bond acceptors (Lipinski definition) is 4. The van der Waals surface area contributed by atoms with E-state index in [1.54, 1.807) is 12.3 Å². The first kappa shape index (κ1) is 13.1. The molecule has 1 N–H and O–H groups in total. The maximum Gasteiger partial charge on any atom is 0.128 e. The van der Waals surface area contributed by atoms with Crippen LogP contribution in [0.25, 0.3) is 10.9 Å². The van der Waals surface area contributed by atoms with Gasteiger partial charge in [-0.15, -0.1) is 0 Å². The maximum absolute atomic E-state index is 9.29. The molecule has 1 atom stereocenters. The minimum atomic E-state index is 0.0198. The normalized spacial score (nSPS) is 11.8. The number of anilines is 1. The van der Waals surface area contributed by atoms with Gasteiger partial charge in [0, 0.05) is 11.6 Å². The fourth-order valence-electron chi connectivity index (χ4n) is 2.27. The summed E-state index contributed by atoms with van der Waals surface area (Å²) in [6, 6.07) is 17.5. The highest BCUT2D eigenvalue weighted by atomic mass is 15.0. The predicted molar refractivity (Wildman–Crippen MR) is 82.7 cm³/mol. The molecule has 1 aromatic carbocycles. The molecular formula is C17H14N4. The van der Waals surface area contributed by atoms with Crippen molar-refractivity contribution in [1.82, 2.24) is 9.97 Å². The van der Waals surface area contributed by atoms with Gasteiger partial charge in [0.2, 0.25) is 0 Å². The van der Waals surface area contributed by atoms with Gasteiger partial charge in [-0.05, 0) is 31.2 Å². The van der Waals surface area contributed by atoms with Crippen molar-refractivity contribution in [1.29, 1.82) is 5.26 Å². The van der Waals surface area contributed by atoms with E-state index in [0.717, 1.165) is 16.6 Å². The Morgan fingerprint density at radius 2 is 1.95 bits per heavy atom. The first-order valence-corrected chi connectivity index (χ1v) is 6.75. The van der Waals surface area contributed by atoms with Crippen LogP contribution in [0.5, 0.6) is 0 Å². The SMILES string of the molecule is CC(Nc1cc(C#N)c2ccccc2n1)c1ccccn1. The molecule has 0 amide bonds. The summed E-state index contributed by atoms with van der Waals surface area (Å²) in [7, 11) is 0. The van der Waals surface area contributed by atoms with Crippen molar-refractivity contribution in [2.24, 2.45) is 0 Å². The van der Waals surface area contributed by atoms with Crippen LogP contribution in [0.4, 0.5) is 5.82 Å². The molecule has 0 aliphatic carbocycles. The number of fused-ring (bicyclic) bond motifs is 1. The van der Waals surface area contributed by atoms with Crippen LogP contribution in [-0.2, 0) is 0 Å². The second-order valence-electron chi connectivity index (χ2n) is 4.80. The Kier molecular flexibility index (Phi) is 3.48. The van der Waals surface area contributed by atoms with Gasteiger partial charge in [0.25, 0.3) is 0 Å². The molecule has 102 valence electrons. The van der Waals surface area contributed by atoms with E-state index in [-0.39, 0.29) is 6.04 Å². The summed E-state index contributed by atoms with van der Waals surface area (Å²) in [4.78, 5) is 8.88. The quantitative estimate of drug-likeness (QED) is 0.791. The molecule has 4 heteroatoms. The van der Waals surface area contributed by atoms with Gasteiger partial charge in [-0.1, -0.05) is 24.3 Å². The van der Waals surface area contributed by atoms with Gasteiger partial charge in [0.1, 0.15) is 5.82 Å². The van der Waals surface area contributed by atoms with E-state index in [4.69, 9.17) is 0 Å². The zero-order valence-electron chi connectivity index (χ0n) is 11.6. The number of nitrogens with zero attached hydrogens (tertiary/aromatic N) is 3. The topological polar surface area (TPSA) is 61.6 Å². The lowest BCUT2D eigenvalue weighted by Crippen LogP contribution is -2.09. The lowest BCUT2D eigenvalue weighted by Gasteiger charge is -2.14. The zero-order chi connectivity index (χ0) is 14.7. The Hall–Kier alpha value is -2.93. The smallest absolute Gasteiger partial charge is 0.128 e. The highest BCUT2D eigenvalue weighted by molar-refractivity contribution is 5.86. The second kappa shape index (κ2) is 5.59. The molecule has 0 spiro atoms. The highest BCUT2D eigenvalue weighted by Gasteiger charge is 2.09. The number of rotatable bonds is 3. The number of nitrogens with one attached hydrogen (secondary N) is 1. The monoisotopic (exact) mass is 274 g/mol. The van der Waals surface area contributed by atoms with E-state index in [1.165, 1.54) is 0 Å². The molecule has 0 saturated heterocycles. The molecule has 1 unspecified atom stereocenters. The van der Waals surface area contributed by atoms with Gasteiger partial charge in [-0.3, -0.25) is 4.98 Å². The number of benzene rings is 1. The van der Waals surface area contributed by atoms with Gasteiger partial charge >= 0.3 is 0 Å². The predicted octanol–water partition coefficient (Wildman–Crippen LogP) is 3.67. The van der Waals surface area contributed by atoms with Crippen molar-refractivity contribution < 1.29 is 0 Å². The van der Waals surface area contributed by atoms with Gasteiger partial charge in [0.05, 0.1) is 28.9 Å². The second-order valence-corrected chi connectivity index (χ2v) is 4.80. The maximum atomic E-state index is 9.29. The Labute approximate surface area is 123 Å². The molecule has 0 saturated carbocycles. The largest absolute Gasteiger partial charge is 0.362 e. The molecule has 21 heavy (non-hydrogen) atoms. The summed E-state index contributed by atoms with van der Waals surface area (Å²) >= 11 is 0. The van der Waals surface area contributed by atoms with Gasteiger partial charge in [-0.25, -0.2) is 4.98 Å². The van der Waals surface area contributed by atoms with Crippen LogP contribution in [0.2, 0.25) is 0 Å². The lowest BCUT2D eigenvalue weighted by molar-refractivity contribution is 0.833. The molecule has 0 fully saturated rings. The molecular weight excluding hydrogens is 260 g/mol. The van der Waals surface area contributed by atoms with E-state index in [2.05, 4.69) is 21.4 Å². The molecule has 2 heterocycles. The van der Waals surface area contributed by atoms with Crippen LogP contribution >= 0.6 is 0 Å². The molecule has 0 bridgehead atoms. The summed E-state index contributed by atoms with van der Waals surface area (Å²) in [5.41, 5.74) is 2.37. The van der Waals surface area contributed by atoms with Gasteiger partial charge in [0.15, 0.2) is 0 Å². The number of pyridine rings is 2. The van der Waals surface area contributed by atoms with Crippen LogP contribution in [0, 0.1) is 11.3 Å². The molecule has 0 aliphatic heterocycles. The third-order valence-corrected chi connectivity index (χ3v) is 3.33. The van der Waals surface area contributed by atoms with Gasteiger partial charge < -0.3 is 5.32 Å². The number of aromatic nitrogens is 2. The fraction of sp³-hybridized carbons (Fsp3) is 0.118. The van der Waals surface area contributed by atoms with E-state index in [9.17, 15) is 5.26 Å². The number of para-hydroxylation sites is 1. The Balaban J connectivity index is 1.96. The first-order chi connectivity index (χ1) is 10.3. The van der Waals surface area contributed by atoms with E-state index >= 15 is 0 Å². The minimum Gasteiger partial charge on any atom is -0.362 e.